The van der Waals surface area contributed by atoms with E-state index in [0.29, 0.717) is 5.92 Å². The SMILES string of the molecule is CC(O)c1ccc(NC(=O)NC2CCN(C)CC2C)cc1. The van der Waals surface area contributed by atoms with E-state index in [0.717, 1.165) is 30.8 Å². The van der Waals surface area contributed by atoms with Crippen molar-refractivity contribution in [1.82, 2.24) is 10.2 Å². The van der Waals surface area contributed by atoms with Crippen LogP contribution in [0.4, 0.5) is 10.5 Å². The molecule has 5 nitrogen and oxygen atoms in total. The molecule has 2 amide bonds. The van der Waals surface area contributed by atoms with Crippen LogP contribution in [-0.2, 0) is 0 Å². The molecular weight excluding hydrogens is 266 g/mol. The van der Waals surface area contributed by atoms with Crippen LogP contribution in [0.15, 0.2) is 24.3 Å². The molecule has 1 fully saturated rings. The second-order valence-corrected chi connectivity index (χ2v) is 6.03. The zero-order chi connectivity index (χ0) is 15.4. The van der Waals surface area contributed by atoms with E-state index in [4.69, 9.17) is 0 Å². The van der Waals surface area contributed by atoms with Gasteiger partial charge in [-0.1, -0.05) is 19.1 Å². The van der Waals surface area contributed by atoms with Crippen LogP contribution >= 0.6 is 0 Å². The summed E-state index contributed by atoms with van der Waals surface area (Å²) in [5, 5.41) is 15.4. The van der Waals surface area contributed by atoms with Gasteiger partial charge in [0.1, 0.15) is 0 Å². The van der Waals surface area contributed by atoms with E-state index in [1.807, 2.05) is 12.1 Å². The molecule has 1 aliphatic heterocycles. The number of nitrogens with zero attached hydrogens (tertiary/aromatic N) is 1. The maximum atomic E-state index is 12.0. The van der Waals surface area contributed by atoms with Crippen LogP contribution in [0, 0.1) is 5.92 Å². The number of aliphatic hydroxyl groups is 1. The predicted octanol–water partition coefficient (Wildman–Crippen LogP) is 2.20. The number of piperidine rings is 1. The van der Waals surface area contributed by atoms with Crippen LogP contribution in [0.1, 0.15) is 31.9 Å². The number of urea groups is 1. The number of likely N-dealkylation sites (tertiary alicyclic amines) is 1. The summed E-state index contributed by atoms with van der Waals surface area (Å²) in [4.78, 5) is 14.3. The minimum absolute atomic E-state index is 0.166. The van der Waals surface area contributed by atoms with Crippen molar-refractivity contribution in [3.05, 3.63) is 29.8 Å². The monoisotopic (exact) mass is 291 g/mol. The summed E-state index contributed by atoms with van der Waals surface area (Å²) < 4.78 is 0. The number of rotatable bonds is 3. The molecule has 1 aromatic rings. The molecule has 1 saturated heterocycles. The zero-order valence-electron chi connectivity index (χ0n) is 13.0. The molecule has 0 saturated carbocycles. The van der Waals surface area contributed by atoms with Gasteiger partial charge in [-0.2, -0.15) is 0 Å². The van der Waals surface area contributed by atoms with Gasteiger partial charge < -0.3 is 20.6 Å². The molecule has 1 aliphatic rings. The van der Waals surface area contributed by atoms with Crippen molar-refractivity contribution in [2.75, 3.05) is 25.5 Å². The maximum Gasteiger partial charge on any atom is 0.319 e. The Morgan fingerprint density at radius 3 is 2.62 bits per heavy atom. The summed E-state index contributed by atoms with van der Waals surface area (Å²) in [5.41, 5.74) is 1.57. The molecule has 5 heteroatoms. The molecule has 0 radical (unpaired) electrons. The minimum Gasteiger partial charge on any atom is -0.389 e. The van der Waals surface area contributed by atoms with Crippen LogP contribution in [0.5, 0.6) is 0 Å². The standard InChI is InChI=1S/C16H25N3O2/c1-11-10-19(3)9-8-15(11)18-16(21)17-14-6-4-13(5-7-14)12(2)20/h4-7,11-12,15,20H,8-10H2,1-3H3,(H2,17,18,21). The minimum atomic E-state index is -0.493. The number of anilines is 1. The van der Waals surface area contributed by atoms with E-state index >= 15 is 0 Å². The molecule has 1 heterocycles. The van der Waals surface area contributed by atoms with Gasteiger partial charge in [0, 0.05) is 18.3 Å². The number of carbonyl (C=O) groups is 1. The van der Waals surface area contributed by atoms with E-state index < -0.39 is 6.10 Å². The van der Waals surface area contributed by atoms with Crippen LogP contribution < -0.4 is 10.6 Å². The van der Waals surface area contributed by atoms with Gasteiger partial charge in [0.2, 0.25) is 0 Å². The highest BCUT2D eigenvalue weighted by molar-refractivity contribution is 5.89. The van der Waals surface area contributed by atoms with Crippen molar-refractivity contribution in [3.63, 3.8) is 0 Å². The van der Waals surface area contributed by atoms with Crippen molar-refractivity contribution >= 4 is 11.7 Å². The van der Waals surface area contributed by atoms with Gasteiger partial charge in [-0.25, -0.2) is 4.79 Å². The van der Waals surface area contributed by atoms with Gasteiger partial charge >= 0.3 is 6.03 Å². The average Bonchev–Trinajstić information content (AvgIpc) is 2.42. The number of benzene rings is 1. The molecule has 3 atom stereocenters. The Kier molecular flexibility index (Phi) is 5.20. The van der Waals surface area contributed by atoms with Crippen LogP contribution in [-0.4, -0.2) is 42.2 Å². The third kappa shape index (κ3) is 4.44. The lowest BCUT2D eigenvalue weighted by Gasteiger charge is -2.35. The predicted molar refractivity (Wildman–Crippen MR) is 84.3 cm³/mol. The fraction of sp³-hybridized carbons (Fsp3) is 0.562. The number of carbonyl (C=O) groups excluding carboxylic acids is 1. The summed E-state index contributed by atoms with van der Waals surface area (Å²) in [6, 6.07) is 7.30. The molecule has 2 rings (SSSR count). The zero-order valence-corrected chi connectivity index (χ0v) is 13.0. The maximum absolute atomic E-state index is 12.0. The van der Waals surface area contributed by atoms with Gasteiger partial charge in [0.15, 0.2) is 0 Å². The van der Waals surface area contributed by atoms with Crippen molar-refractivity contribution in [2.45, 2.75) is 32.4 Å². The molecule has 116 valence electrons. The Bertz CT molecular complexity index is 473. The Hall–Kier alpha value is -1.59. The van der Waals surface area contributed by atoms with E-state index in [2.05, 4.69) is 29.5 Å². The van der Waals surface area contributed by atoms with Gasteiger partial charge in [-0.05, 0) is 50.6 Å². The first kappa shape index (κ1) is 15.8. The van der Waals surface area contributed by atoms with Gasteiger partial charge in [0.05, 0.1) is 6.10 Å². The molecule has 0 aliphatic carbocycles. The first-order valence-electron chi connectivity index (χ1n) is 7.50. The first-order chi connectivity index (χ1) is 9.95. The summed E-state index contributed by atoms with van der Waals surface area (Å²) in [5.74, 6) is 0.451. The highest BCUT2D eigenvalue weighted by Gasteiger charge is 2.25. The molecule has 0 spiro atoms. The van der Waals surface area contributed by atoms with Crippen molar-refractivity contribution in [1.29, 1.82) is 0 Å². The number of nitrogens with one attached hydrogen (secondary N) is 2. The number of amides is 2. The van der Waals surface area contributed by atoms with Crippen LogP contribution in [0.25, 0.3) is 0 Å². The lowest BCUT2D eigenvalue weighted by Crippen LogP contribution is -2.49. The normalized spacial score (nSPS) is 24.4. The second kappa shape index (κ2) is 6.91. The largest absolute Gasteiger partial charge is 0.389 e. The lowest BCUT2D eigenvalue weighted by molar-refractivity contribution is 0.176. The van der Waals surface area contributed by atoms with Crippen molar-refractivity contribution < 1.29 is 9.90 Å². The van der Waals surface area contributed by atoms with Crippen molar-refractivity contribution in [3.8, 4) is 0 Å². The topological polar surface area (TPSA) is 64.6 Å². The van der Waals surface area contributed by atoms with E-state index in [-0.39, 0.29) is 12.1 Å². The molecule has 0 aromatic heterocycles. The summed E-state index contributed by atoms with van der Waals surface area (Å²) in [7, 11) is 2.11. The second-order valence-electron chi connectivity index (χ2n) is 6.03. The van der Waals surface area contributed by atoms with Gasteiger partial charge in [0.25, 0.3) is 0 Å². The summed E-state index contributed by atoms with van der Waals surface area (Å²) in [6.45, 7) is 5.90. The fourth-order valence-electron chi connectivity index (χ4n) is 2.75. The van der Waals surface area contributed by atoms with Gasteiger partial charge in [-0.3, -0.25) is 0 Å². The Balaban J connectivity index is 1.86. The lowest BCUT2D eigenvalue weighted by atomic mass is 9.94. The molecule has 0 bridgehead atoms. The number of hydrogen-bond acceptors (Lipinski definition) is 3. The molecule has 21 heavy (non-hydrogen) atoms. The fourth-order valence-corrected chi connectivity index (χ4v) is 2.75. The number of hydrogen-bond donors (Lipinski definition) is 3. The average molecular weight is 291 g/mol. The highest BCUT2D eigenvalue weighted by atomic mass is 16.3. The smallest absolute Gasteiger partial charge is 0.319 e. The first-order valence-corrected chi connectivity index (χ1v) is 7.50. The molecule has 3 unspecified atom stereocenters. The third-order valence-corrected chi connectivity index (χ3v) is 4.08. The van der Waals surface area contributed by atoms with E-state index in [1.165, 1.54) is 0 Å². The van der Waals surface area contributed by atoms with Crippen LogP contribution in [0.2, 0.25) is 0 Å². The van der Waals surface area contributed by atoms with E-state index in [9.17, 15) is 9.90 Å². The number of aliphatic hydroxyl groups excluding tert-OH is 1. The summed E-state index contributed by atoms with van der Waals surface area (Å²) >= 11 is 0. The Morgan fingerprint density at radius 1 is 1.38 bits per heavy atom. The van der Waals surface area contributed by atoms with Crippen LogP contribution in [0.3, 0.4) is 0 Å². The van der Waals surface area contributed by atoms with E-state index in [1.54, 1.807) is 19.1 Å². The Morgan fingerprint density at radius 2 is 2.05 bits per heavy atom. The molecule has 1 aromatic carbocycles. The van der Waals surface area contributed by atoms with Crippen molar-refractivity contribution in [2.24, 2.45) is 5.92 Å². The Labute approximate surface area is 126 Å². The van der Waals surface area contributed by atoms with Gasteiger partial charge in [-0.15, -0.1) is 0 Å². The highest BCUT2D eigenvalue weighted by Crippen LogP contribution is 2.17. The quantitative estimate of drug-likeness (QED) is 0.800. The molecule has 3 N–H and O–H groups in total. The third-order valence-electron chi connectivity index (χ3n) is 4.08. The molecular formula is C16H25N3O2. The summed E-state index contributed by atoms with van der Waals surface area (Å²) in [6.07, 6.45) is 0.486.